The van der Waals surface area contributed by atoms with E-state index in [1.54, 1.807) is 0 Å². The van der Waals surface area contributed by atoms with Gasteiger partial charge in [-0.05, 0) is 24.8 Å². The molecule has 0 atom stereocenters. The quantitative estimate of drug-likeness (QED) is 0.611. The molecule has 16 heavy (non-hydrogen) atoms. The zero-order chi connectivity index (χ0) is 12.0. The van der Waals surface area contributed by atoms with Crippen molar-refractivity contribution in [2.75, 3.05) is 26.3 Å². The summed E-state index contributed by atoms with van der Waals surface area (Å²) in [5, 5.41) is 3.51. The molecule has 2 nitrogen and oxygen atoms in total. The number of hydrogen-bond donors (Lipinski definition) is 1. The highest BCUT2D eigenvalue weighted by atomic mass is 16.5. The number of rotatable bonds is 9. The van der Waals surface area contributed by atoms with Crippen molar-refractivity contribution in [1.82, 2.24) is 5.32 Å². The first kappa shape index (κ1) is 14.0. The van der Waals surface area contributed by atoms with E-state index < -0.39 is 0 Å². The van der Waals surface area contributed by atoms with Crippen LogP contribution in [0.1, 0.15) is 47.0 Å². The zero-order valence-electron chi connectivity index (χ0n) is 11.5. The Balaban J connectivity index is 1.97. The zero-order valence-corrected chi connectivity index (χ0v) is 11.5. The molecule has 1 saturated carbocycles. The Morgan fingerprint density at radius 3 is 2.56 bits per heavy atom. The second kappa shape index (κ2) is 6.61. The minimum Gasteiger partial charge on any atom is -0.381 e. The molecule has 96 valence electrons. The Labute approximate surface area is 101 Å². The summed E-state index contributed by atoms with van der Waals surface area (Å²) in [7, 11) is 0. The van der Waals surface area contributed by atoms with Gasteiger partial charge in [-0.15, -0.1) is 0 Å². The van der Waals surface area contributed by atoms with Crippen LogP contribution in [0.3, 0.4) is 0 Å². The molecule has 0 amide bonds. The smallest absolute Gasteiger partial charge is 0.0529 e. The predicted octanol–water partition coefficient (Wildman–Crippen LogP) is 3.07. The largest absolute Gasteiger partial charge is 0.381 e. The Bertz CT molecular complexity index is 185. The third-order valence-corrected chi connectivity index (χ3v) is 3.02. The van der Waals surface area contributed by atoms with Crippen LogP contribution < -0.4 is 5.32 Å². The van der Waals surface area contributed by atoms with Crippen molar-refractivity contribution >= 4 is 0 Å². The lowest BCUT2D eigenvalue weighted by atomic mass is 9.94. The van der Waals surface area contributed by atoms with E-state index in [-0.39, 0.29) is 5.41 Å². The highest BCUT2D eigenvalue weighted by Gasteiger charge is 2.22. The summed E-state index contributed by atoms with van der Waals surface area (Å²) < 4.78 is 5.77. The van der Waals surface area contributed by atoms with Crippen molar-refractivity contribution in [2.45, 2.75) is 47.0 Å². The van der Waals surface area contributed by atoms with E-state index in [0.717, 1.165) is 38.1 Å². The van der Waals surface area contributed by atoms with Crippen LogP contribution in [0.5, 0.6) is 0 Å². The summed E-state index contributed by atoms with van der Waals surface area (Å²) in [6.45, 7) is 13.0. The van der Waals surface area contributed by atoms with Gasteiger partial charge in [0, 0.05) is 18.6 Å². The summed E-state index contributed by atoms with van der Waals surface area (Å²) in [6, 6.07) is 0. The van der Waals surface area contributed by atoms with Crippen LogP contribution in [0.2, 0.25) is 0 Å². The lowest BCUT2D eigenvalue weighted by molar-refractivity contribution is 0.0583. The molecule has 0 aromatic heterocycles. The van der Waals surface area contributed by atoms with Crippen molar-refractivity contribution in [1.29, 1.82) is 0 Å². The normalized spacial score (nSPS) is 17.1. The molecular formula is C14H29NO. The summed E-state index contributed by atoms with van der Waals surface area (Å²) >= 11 is 0. The molecular weight excluding hydrogens is 198 g/mol. The van der Waals surface area contributed by atoms with Crippen LogP contribution in [-0.2, 0) is 4.74 Å². The van der Waals surface area contributed by atoms with E-state index in [9.17, 15) is 0 Å². The Kier molecular flexibility index (Phi) is 5.77. The molecule has 1 aliphatic carbocycles. The van der Waals surface area contributed by atoms with E-state index in [4.69, 9.17) is 4.74 Å². The van der Waals surface area contributed by atoms with E-state index in [1.807, 2.05) is 0 Å². The van der Waals surface area contributed by atoms with E-state index in [0.29, 0.717) is 0 Å². The van der Waals surface area contributed by atoms with Gasteiger partial charge in [-0.2, -0.15) is 0 Å². The standard InChI is InChI=1S/C14H29NO/c1-12(2)9-15-10-14(3,4)11-16-8-7-13-5-6-13/h12-13,15H,5-11H2,1-4H3. The highest BCUT2D eigenvalue weighted by Crippen LogP contribution is 2.32. The molecule has 1 N–H and O–H groups in total. The van der Waals surface area contributed by atoms with Crippen LogP contribution in [0.4, 0.5) is 0 Å². The number of nitrogens with one attached hydrogen (secondary N) is 1. The summed E-state index contributed by atoms with van der Waals surface area (Å²) in [5.41, 5.74) is 0.262. The fraction of sp³-hybridized carbons (Fsp3) is 1.00. The second-order valence-corrected chi connectivity index (χ2v) is 6.47. The van der Waals surface area contributed by atoms with Gasteiger partial charge in [-0.25, -0.2) is 0 Å². The topological polar surface area (TPSA) is 21.3 Å². The molecule has 0 radical (unpaired) electrons. The molecule has 2 heteroatoms. The van der Waals surface area contributed by atoms with Gasteiger partial charge in [-0.3, -0.25) is 0 Å². The lowest BCUT2D eigenvalue weighted by Crippen LogP contribution is -2.35. The average molecular weight is 227 g/mol. The van der Waals surface area contributed by atoms with Crippen molar-refractivity contribution < 1.29 is 4.74 Å². The SMILES string of the molecule is CC(C)CNCC(C)(C)COCCC1CC1. The van der Waals surface area contributed by atoms with E-state index in [1.165, 1.54) is 19.3 Å². The van der Waals surface area contributed by atoms with Crippen LogP contribution >= 0.6 is 0 Å². The second-order valence-electron chi connectivity index (χ2n) is 6.47. The van der Waals surface area contributed by atoms with Gasteiger partial charge in [0.15, 0.2) is 0 Å². The molecule has 0 aromatic carbocycles. The van der Waals surface area contributed by atoms with Crippen LogP contribution in [-0.4, -0.2) is 26.3 Å². The fourth-order valence-corrected chi connectivity index (χ4v) is 1.76. The van der Waals surface area contributed by atoms with E-state index in [2.05, 4.69) is 33.0 Å². The van der Waals surface area contributed by atoms with Crippen molar-refractivity contribution in [3.05, 3.63) is 0 Å². The van der Waals surface area contributed by atoms with Crippen LogP contribution in [0, 0.1) is 17.3 Å². The Hall–Kier alpha value is -0.0800. The Morgan fingerprint density at radius 1 is 1.31 bits per heavy atom. The maximum absolute atomic E-state index is 5.77. The van der Waals surface area contributed by atoms with Gasteiger partial charge in [0.1, 0.15) is 0 Å². The summed E-state index contributed by atoms with van der Waals surface area (Å²) in [4.78, 5) is 0. The highest BCUT2D eigenvalue weighted by molar-refractivity contribution is 4.74. The number of ether oxygens (including phenoxy) is 1. The maximum Gasteiger partial charge on any atom is 0.0529 e. The molecule has 0 bridgehead atoms. The third kappa shape index (κ3) is 7.24. The van der Waals surface area contributed by atoms with Gasteiger partial charge in [0.2, 0.25) is 0 Å². The molecule has 0 saturated heterocycles. The first-order valence-electron chi connectivity index (χ1n) is 6.78. The first-order chi connectivity index (χ1) is 7.49. The minimum absolute atomic E-state index is 0.262. The molecule has 1 fully saturated rings. The van der Waals surface area contributed by atoms with Gasteiger partial charge < -0.3 is 10.1 Å². The first-order valence-corrected chi connectivity index (χ1v) is 6.78. The van der Waals surface area contributed by atoms with Crippen molar-refractivity contribution in [2.24, 2.45) is 17.3 Å². The van der Waals surface area contributed by atoms with Gasteiger partial charge in [0.05, 0.1) is 6.61 Å². The molecule has 0 spiro atoms. The summed E-state index contributed by atoms with van der Waals surface area (Å²) in [5.74, 6) is 1.72. The van der Waals surface area contributed by atoms with Crippen LogP contribution in [0.15, 0.2) is 0 Å². The van der Waals surface area contributed by atoms with E-state index >= 15 is 0 Å². The maximum atomic E-state index is 5.77. The monoisotopic (exact) mass is 227 g/mol. The van der Waals surface area contributed by atoms with Gasteiger partial charge in [-0.1, -0.05) is 40.5 Å². The molecule has 0 aliphatic heterocycles. The molecule has 1 aliphatic rings. The number of hydrogen-bond acceptors (Lipinski definition) is 2. The Morgan fingerprint density at radius 2 is 2.00 bits per heavy atom. The molecule has 0 heterocycles. The summed E-state index contributed by atoms with van der Waals surface area (Å²) in [6.07, 6.45) is 4.14. The van der Waals surface area contributed by atoms with Crippen molar-refractivity contribution in [3.8, 4) is 0 Å². The average Bonchev–Trinajstić information content (AvgIpc) is 2.95. The van der Waals surface area contributed by atoms with Crippen molar-refractivity contribution in [3.63, 3.8) is 0 Å². The van der Waals surface area contributed by atoms with Crippen LogP contribution in [0.25, 0.3) is 0 Å². The predicted molar refractivity (Wildman–Crippen MR) is 69.6 cm³/mol. The molecule has 0 unspecified atom stereocenters. The van der Waals surface area contributed by atoms with Gasteiger partial charge in [0.25, 0.3) is 0 Å². The lowest BCUT2D eigenvalue weighted by Gasteiger charge is -2.25. The molecule has 1 rings (SSSR count). The van der Waals surface area contributed by atoms with Gasteiger partial charge >= 0.3 is 0 Å². The third-order valence-electron chi connectivity index (χ3n) is 3.02. The minimum atomic E-state index is 0.262. The fourth-order valence-electron chi connectivity index (χ4n) is 1.76. The molecule has 0 aromatic rings.